The molecule has 0 bridgehead atoms. The van der Waals surface area contributed by atoms with Gasteiger partial charge >= 0.3 is 0 Å². The van der Waals surface area contributed by atoms with E-state index in [2.05, 4.69) is 46.6 Å². The Morgan fingerprint density at radius 3 is 2.47 bits per heavy atom. The Kier molecular flexibility index (Phi) is 3.61. The van der Waals surface area contributed by atoms with Crippen molar-refractivity contribution in [2.24, 2.45) is 5.84 Å². The van der Waals surface area contributed by atoms with Gasteiger partial charge in [-0.3, -0.25) is 5.43 Å². The molecule has 0 aliphatic heterocycles. The summed E-state index contributed by atoms with van der Waals surface area (Å²) in [5.41, 5.74) is 4.61. The topological polar surface area (TPSA) is 63.8 Å². The second-order valence-corrected chi connectivity index (χ2v) is 4.82. The zero-order valence-corrected chi connectivity index (χ0v) is 10.6. The van der Waals surface area contributed by atoms with Crippen molar-refractivity contribution in [3.05, 3.63) is 41.6 Å². The maximum atomic E-state index is 5.32. The maximum absolute atomic E-state index is 5.32. The minimum Gasteiger partial charge on any atom is -0.292 e. The molecule has 1 heterocycles. The van der Waals surface area contributed by atoms with Crippen LogP contribution in [0.25, 0.3) is 0 Å². The number of benzene rings is 1. The molecule has 0 saturated carbocycles. The van der Waals surface area contributed by atoms with Gasteiger partial charge in [0.25, 0.3) is 0 Å². The second kappa shape index (κ2) is 5.16. The molecule has 88 valence electrons. The molecule has 17 heavy (non-hydrogen) atoms. The summed E-state index contributed by atoms with van der Waals surface area (Å²) in [6.07, 6.45) is 0. The first-order chi connectivity index (χ1) is 8.17. The highest BCUT2D eigenvalue weighted by molar-refractivity contribution is 7.99. The molecule has 0 atom stereocenters. The van der Waals surface area contributed by atoms with Crippen molar-refractivity contribution >= 4 is 17.7 Å². The predicted molar refractivity (Wildman–Crippen MR) is 69.9 cm³/mol. The number of hydrogen-bond donors (Lipinski definition) is 2. The molecule has 0 aliphatic rings. The third-order valence-corrected chi connectivity index (χ3v) is 3.13. The fourth-order valence-corrected chi connectivity index (χ4v) is 2.26. The summed E-state index contributed by atoms with van der Waals surface area (Å²) in [7, 11) is 0. The van der Waals surface area contributed by atoms with Gasteiger partial charge in [0, 0.05) is 10.6 Å². The van der Waals surface area contributed by atoms with Crippen LogP contribution in [0.2, 0.25) is 0 Å². The first-order valence-electron chi connectivity index (χ1n) is 5.24. The number of rotatable bonds is 3. The average molecular weight is 246 g/mol. The normalized spacial score (nSPS) is 10.3. The Bertz CT molecular complexity index is 510. The van der Waals surface area contributed by atoms with E-state index in [4.69, 9.17) is 5.84 Å². The van der Waals surface area contributed by atoms with E-state index in [1.54, 1.807) is 11.8 Å². The molecule has 3 N–H and O–H groups in total. The van der Waals surface area contributed by atoms with Crippen LogP contribution in [-0.2, 0) is 0 Å². The molecule has 2 aromatic rings. The smallest absolute Gasteiger partial charge is 0.238 e. The number of hydrazine groups is 1. The average Bonchev–Trinajstić information content (AvgIpc) is 2.31. The third-order valence-electron chi connectivity index (χ3n) is 2.20. The first-order valence-corrected chi connectivity index (χ1v) is 6.06. The van der Waals surface area contributed by atoms with E-state index in [0.717, 1.165) is 15.6 Å². The van der Waals surface area contributed by atoms with E-state index < -0.39 is 0 Å². The van der Waals surface area contributed by atoms with Crippen LogP contribution in [0.4, 0.5) is 5.95 Å². The molecule has 0 aliphatic carbocycles. The number of nitrogen functional groups attached to an aromatic ring is 1. The van der Waals surface area contributed by atoms with E-state index >= 15 is 0 Å². The van der Waals surface area contributed by atoms with Crippen LogP contribution in [0.1, 0.15) is 11.3 Å². The summed E-state index contributed by atoms with van der Waals surface area (Å²) < 4.78 is 0. The lowest BCUT2D eigenvalue weighted by atomic mass is 10.2. The van der Waals surface area contributed by atoms with Crippen LogP contribution >= 0.6 is 11.8 Å². The van der Waals surface area contributed by atoms with Gasteiger partial charge in [0.15, 0.2) is 0 Å². The summed E-state index contributed by atoms with van der Waals surface area (Å²) in [4.78, 5) is 9.58. The van der Waals surface area contributed by atoms with Gasteiger partial charge in [-0.25, -0.2) is 15.8 Å². The maximum Gasteiger partial charge on any atom is 0.238 e. The van der Waals surface area contributed by atoms with Crippen molar-refractivity contribution < 1.29 is 0 Å². The van der Waals surface area contributed by atoms with Crippen LogP contribution in [0, 0.1) is 13.8 Å². The highest BCUT2D eigenvalue weighted by Gasteiger charge is 2.03. The fraction of sp³-hybridized carbons (Fsp3) is 0.167. The Hall–Kier alpha value is -1.59. The molecule has 2 rings (SSSR count). The lowest BCUT2D eigenvalue weighted by Crippen LogP contribution is -2.11. The molecule has 1 aromatic heterocycles. The number of hydrogen-bond acceptors (Lipinski definition) is 5. The van der Waals surface area contributed by atoms with Crippen molar-refractivity contribution in [3.8, 4) is 0 Å². The standard InChI is InChI=1S/C12H14N4S/c1-8-3-5-10(6-4-8)17-11-7-9(2)14-12(15-11)16-13/h3-7H,13H2,1-2H3,(H,14,15,16). The molecule has 5 heteroatoms. The van der Waals surface area contributed by atoms with Gasteiger partial charge in [0.1, 0.15) is 5.03 Å². The molecule has 0 amide bonds. The van der Waals surface area contributed by atoms with E-state index in [-0.39, 0.29) is 0 Å². The lowest BCUT2D eigenvalue weighted by Gasteiger charge is -2.05. The molecule has 0 saturated heterocycles. The fourth-order valence-electron chi connectivity index (χ4n) is 1.38. The van der Waals surface area contributed by atoms with Crippen LogP contribution in [-0.4, -0.2) is 9.97 Å². The molecular formula is C12H14N4S. The van der Waals surface area contributed by atoms with Gasteiger partial charge in [-0.05, 0) is 32.0 Å². The second-order valence-electron chi connectivity index (χ2n) is 3.73. The zero-order valence-electron chi connectivity index (χ0n) is 9.77. The Morgan fingerprint density at radius 1 is 1.12 bits per heavy atom. The van der Waals surface area contributed by atoms with Gasteiger partial charge in [-0.15, -0.1) is 0 Å². The van der Waals surface area contributed by atoms with Gasteiger partial charge in [-0.2, -0.15) is 0 Å². The van der Waals surface area contributed by atoms with Crippen LogP contribution in [0.5, 0.6) is 0 Å². The largest absolute Gasteiger partial charge is 0.292 e. The number of nitrogens with zero attached hydrogens (tertiary/aromatic N) is 2. The number of aromatic nitrogens is 2. The van der Waals surface area contributed by atoms with Crippen molar-refractivity contribution in [1.82, 2.24) is 9.97 Å². The summed E-state index contributed by atoms with van der Waals surface area (Å²) in [5, 5.41) is 0.884. The highest BCUT2D eigenvalue weighted by atomic mass is 32.2. The van der Waals surface area contributed by atoms with E-state index in [0.29, 0.717) is 5.95 Å². The summed E-state index contributed by atoms with van der Waals surface area (Å²) in [6, 6.07) is 10.3. The van der Waals surface area contributed by atoms with E-state index in [1.807, 2.05) is 13.0 Å². The van der Waals surface area contributed by atoms with Crippen molar-refractivity contribution in [3.63, 3.8) is 0 Å². The zero-order chi connectivity index (χ0) is 12.3. The molecule has 0 unspecified atom stereocenters. The van der Waals surface area contributed by atoms with Gasteiger partial charge in [-0.1, -0.05) is 29.5 Å². The molecule has 4 nitrogen and oxygen atoms in total. The van der Waals surface area contributed by atoms with E-state index in [1.165, 1.54) is 5.56 Å². The Morgan fingerprint density at radius 2 is 1.82 bits per heavy atom. The molecule has 0 spiro atoms. The van der Waals surface area contributed by atoms with Crippen LogP contribution in [0.3, 0.4) is 0 Å². The predicted octanol–water partition coefficient (Wildman–Crippen LogP) is 2.53. The highest BCUT2D eigenvalue weighted by Crippen LogP contribution is 2.27. The van der Waals surface area contributed by atoms with Crippen molar-refractivity contribution in [1.29, 1.82) is 0 Å². The summed E-state index contributed by atoms with van der Waals surface area (Å²) >= 11 is 1.59. The van der Waals surface area contributed by atoms with Gasteiger partial charge < -0.3 is 0 Å². The van der Waals surface area contributed by atoms with E-state index in [9.17, 15) is 0 Å². The lowest BCUT2D eigenvalue weighted by molar-refractivity contribution is 0.994. The quantitative estimate of drug-likeness (QED) is 0.495. The Labute approximate surface area is 105 Å². The number of aryl methyl sites for hydroxylation is 2. The molecule has 1 aromatic carbocycles. The summed E-state index contributed by atoms with van der Waals surface area (Å²) in [5.74, 6) is 5.76. The first kappa shape index (κ1) is 11.9. The number of anilines is 1. The molecule has 0 radical (unpaired) electrons. The van der Waals surface area contributed by atoms with Gasteiger partial charge in [0.2, 0.25) is 5.95 Å². The van der Waals surface area contributed by atoms with Crippen molar-refractivity contribution in [2.75, 3.05) is 5.43 Å². The molecule has 0 fully saturated rings. The number of nitrogens with one attached hydrogen (secondary N) is 1. The minimum atomic E-state index is 0.444. The monoisotopic (exact) mass is 246 g/mol. The van der Waals surface area contributed by atoms with Crippen LogP contribution < -0.4 is 11.3 Å². The molecular weight excluding hydrogens is 232 g/mol. The minimum absolute atomic E-state index is 0.444. The van der Waals surface area contributed by atoms with Gasteiger partial charge in [0.05, 0.1) is 0 Å². The number of nitrogens with two attached hydrogens (primary N) is 1. The van der Waals surface area contributed by atoms with Crippen LogP contribution in [0.15, 0.2) is 40.3 Å². The SMILES string of the molecule is Cc1ccc(Sc2cc(C)nc(NN)n2)cc1. The summed E-state index contributed by atoms with van der Waals surface area (Å²) in [6.45, 7) is 3.99. The van der Waals surface area contributed by atoms with Crippen molar-refractivity contribution in [2.45, 2.75) is 23.8 Å². The Balaban J connectivity index is 2.23. The third kappa shape index (κ3) is 3.18.